The molecule has 0 aromatic heterocycles. The van der Waals surface area contributed by atoms with E-state index in [0.29, 0.717) is 22.4 Å². The van der Waals surface area contributed by atoms with Crippen LogP contribution in [0.4, 0.5) is 18.9 Å². The smallest absolute Gasteiger partial charge is 0.416 e. The monoisotopic (exact) mass is 417 g/mol. The molecule has 4 nitrogen and oxygen atoms in total. The lowest BCUT2D eigenvalue weighted by molar-refractivity contribution is -0.478. The largest absolute Gasteiger partial charge is 0.478 e. The first-order chi connectivity index (χ1) is 12.5. The molecular formula is C18H14Cl2F3N2O2+. The van der Waals surface area contributed by atoms with Gasteiger partial charge in [-0.05, 0) is 41.4 Å². The third kappa shape index (κ3) is 3.53. The van der Waals surface area contributed by atoms with Gasteiger partial charge in [-0.3, -0.25) is 0 Å². The van der Waals surface area contributed by atoms with Crippen molar-refractivity contribution in [3.63, 3.8) is 0 Å². The lowest BCUT2D eigenvalue weighted by Gasteiger charge is -2.13. The minimum absolute atomic E-state index is 0.00543. The van der Waals surface area contributed by atoms with Gasteiger partial charge in [0, 0.05) is 17.5 Å². The van der Waals surface area contributed by atoms with Gasteiger partial charge in [-0.15, -0.1) is 0 Å². The third-order valence-electron chi connectivity index (χ3n) is 4.50. The molecule has 1 atom stereocenters. The maximum Gasteiger partial charge on any atom is 0.416 e. The van der Waals surface area contributed by atoms with Crippen LogP contribution in [0.1, 0.15) is 38.7 Å². The van der Waals surface area contributed by atoms with Gasteiger partial charge in [0.1, 0.15) is 6.04 Å². The Kier molecular flexibility index (Phi) is 4.94. The van der Waals surface area contributed by atoms with Crippen molar-refractivity contribution in [2.24, 2.45) is 5.11 Å². The van der Waals surface area contributed by atoms with E-state index in [1.54, 1.807) is 14.0 Å². The Morgan fingerprint density at radius 2 is 1.96 bits per heavy atom. The summed E-state index contributed by atoms with van der Waals surface area (Å²) in [6.45, 7) is 1.59. The summed E-state index contributed by atoms with van der Waals surface area (Å²) in [5, 5.41) is 13.9. The topological polar surface area (TPSA) is 52.7 Å². The maximum atomic E-state index is 13.1. The van der Waals surface area contributed by atoms with E-state index in [-0.39, 0.29) is 22.0 Å². The second-order valence-corrected chi connectivity index (χ2v) is 7.06. The number of benzene rings is 2. The molecule has 1 aliphatic rings. The number of carboxylic acid groups (broad SMARTS) is 1. The molecule has 0 saturated carbocycles. The Balaban J connectivity index is 2.07. The Bertz CT molecular complexity index is 988. The molecular weight excluding hydrogens is 404 g/mol. The van der Waals surface area contributed by atoms with Crippen molar-refractivity contribution >= 4 is 34.9 Å². The summed E-state index contributed by atoms with van der Waals surface area (Å²) in [4.78, 5) is 11.3. The zero-order valence-corrected chi connectivity index (χ0v) is 15.7. The molecule has 0 amide bonds. The molecule has 1 N–H and O–H groups in total. The fourth-order valence-electron chi connectivity index (χ4n) is 3.26. The van der Waals surface area contributed by atoms with E-state index in [1.807, 2.05) is 0 Å². The van der Waals surface area contributed by atoms with Crippen molar-refractivity contribution in [3.05, 3.63) is 62.1 Å². The Morgan fingerprint density at radius 1 is 1.30 bits per heavy atom. The number of hydrogen-bond acceptors (Lipinski definition) is 2. The van der Waals surface area contributed by atoms with Crippen LogP contribution in [0.15, 0.2) is 29.4 Å². The summed E-state index contributed by atoms with van der Waals surface area (Å²) in [5.74, 6) is -1.19. The van der Waals surface area contributed by atoms with E-state index in [4.69, 9.17) is 23.2 Å². The van der Waals surface area contributed by atoms with E-state index < -0.39 is 23.8 Å². The first-order valence-corrected chi connectivity index (χ1v) is 8.62. The lowest BCUT2D eigenvalue weighted by atomic mass is 9.93. The first-order valence-electron chi connectivity index (χ1n) is 7.87. The van der Waals surface area contributed by atoms with Gasteiger partial charge in [0.2, 0.25) is 5.69 Å². The van der Waals surface area contributed by atoms with Crippen LogP contribution in [0.3, 0.4) is 0 Å². The number of carbonyl (C=O) groups is 1. The molecule has 2 aromatic carbocycles. The Morgan fingerprint density at radius 3 is 2.56 bits per heavy atom. The number of carboxylic acids is 1. The molecule has 0 aliphatic carbocycles. The summed E-state index contributed by atoms with van der Waals surface area (Å²) in [6, 6.07) is 4.36. The molecule has 3 rings (SSSR count). The van der Waals surface area contributed by atoms with Crippen molar-refractivity contribution in [1.82, 2.24) is 0 Å². The van der Waals surface area contributed by atoms with Crippen molar-refractivity contribution in [2.45, 2.75) is 25.6 Å². The number of azo groups is 2. The predicted octanol–water partition coefficient (Wildman–Crippen LogP) is 6.04. The van der Waals surface area contributed by atoms with Gasteiger partial charge >= 0.3 is 12.1 Å². The van der Waals surface area contributed by atoms with Crippen molar-refractivity contribution in [3.8, 4) is 0 Å². The van der Waals surface area contributed by atoms with Crippen LogP contribution < -0.4 is 0 Å². The zero-order valence-electron chi connectivity index (χ0n) is 14.2. The standard InChI is InChI=1S/C18H13Cl2F3N2O2/c1-8-5-9(18(21,22)23)6-14-15(8)13(24-25(14)2)7-11-12(19)4-3-10(16(11)20)17(26)27/h3-6,13H,7H2,1-2H3/p+1. The molecule has 0 saturated heterocycles. The van der Waals surface area contributed by atoms with Crippen molar-refractivity contribution in [2.75, 3.05) is 7.05 Å². The molecule has 0 radical (unpaired) electrons. The van der Waals surface area contributed by atoms with Crippen LogP contribution in [0, 0.1) is 6.92 Å². The van der Waals surface area contributed by atoms with E-state index in [1.165, 1.54) is 16.8 Å². The fourth-order valence-corrected chi connectivity index (χ4v) is 3.87. The average molecular weight is 418 g/mol. The number of halogens is 5. The number of aromatic carboxylic acids is 1. The molecule has 1 aliphatic heterocycles. The van der Waals surface area contributed by atoms with Crippen LogP contribution in [-0.2, 0) is 12.6 Å². The summed E-state index contributed by atoms with van der Waals surface area (Å²) < 4.78 is 40.7. The van der Waals surface area contributed by atoms with Crippen molar-refractivity contribution < 1.29 is 27.8 Å². The van der Waals surface area contributed by atoms with E-state index >= 15 is 0 Å². The summed E-state index contributed by atoms with van der Waals surface area (Å²) in [5.41, 5.74) is 0.997. The lowest BCUT2D eigenvalue weighted by Crippen LogP contribution is -2.08. The van der Waals surface area contributed by atoms with E-state index in [9.17, 15) is 23.1 Å². The normalized spacial score (nSPS) is 16.3. The van der Waals surface area contributed by atoms with Crippen LogP contribution >= 0.6 is 23.2 Å². The Labute approximate surface area is 162 Å². The molecule has 0 spiro atoms. The molecule has 27 heavy (non-hydrogen) atoms. The number of nitrogens with zero attached hydrogens (tertiary/aromatic N) is 2. The fraction of sp³-hybridized carbons (Fsp3) is 0.278. The van der Waals surface area contributed by atoms with Gasteiger partial charge < -0.3 is 5.11 Å². The van der Waals surface area contributed by atoms with Gasteiger partial charge in [0.05, 0.1) is 21.7 Å². The summed E-state index contributed by atoms with van der Waals surface area (Å²) in [7, 11) is 1.56. The predicted molar refractivity (Wildman–Crippen MR) is 94.3 cm³/mol. The van der Waals surface area contributed by atoms with Crippen LogP contribution in [0.25, 0.3) is 0 Å². The number of aryl methyl sites for hydroxylation is 1. The second kappa shape index (κ2) is 6.80. The van der Waals surface area contributed by atoms with E-state index in [0.717, 1.165) is 12.1 Å². The highest BCUT2D eigenvalue weighted by Gasteiger charge is 2.39. The molecule has 142 valence electrons. The number of fused-ring (bicyclic) bond motifs is 1. The average Bonchev–Trinajstić information content (AvgIpc) is 2.87. The number of hydrogen-bond donors (Lipinski definition) is 1. The molecule has 0 bridgehead atoms. The quantitative estimate of drug-likeness (QED) is 0.618. The Hall–Kier alpha value is -2.12. The van der Waals surface area contributed by atoms with Crippen LogP contribution in [0.2, 0.25) is 10.0 Å². The van der Waals surface area contributed by atoms with Crippen LogP contribution in [0.5, 0.6) is 0 Å². The maximum absolute atomic E-state index is 13.1. The minimum Gasteiger partial charge on any atom is -0.478 e. The zero-order chi connectivity index (χ0) is 20.1. The molecule has 1 unspecified atom stereocenters. The van der Waals surface area contributed by atoms with Gasteiger partial charge in [0.25, 0.3) is 0 Å². The second-order valence-electron chi connectivity index (χ2n) is 6.28. The number of rotatable bonds is 3. The van der Waals surface area contributed by atoms with Gasteiger partial charge in [-0.25, -0.2) is 4.79 Å². The van der Waals surface area contributed by atoms with E-state index in [2.05, 4.69) is 5.11 Å². The van der Waals surface area contributed by atoms with Crippen LogP contribution in [-0.4, -0.2) is 22.8 Å². The highest BCUT2D eigenvalue weighted by Crippen LogP contribution is 2.44. The minimum atomic E-state index is -4.46. The number of alkyl halides is 3. The first kappa shape index (κ1) is 19.6. The van der Waals surface area contributed by atoms with Crippen molar-refractivity contribution in [1.29, 1.82) is 0 Å². The van der Waals surface area contributed by atoms with Gasteiger partial charge in [0.15, 0.2) is 7.05 Å². The van der Waals surface area contributed by atoms with Gasteiger partial charge in [-0.1, -0.05) is 27.9 Å². The molecule has 1 heterocycles. The SMILES string of the molecule is Cc1cc(C(F)(F)F)cc2c1C(Cc1c(Cl)ccc(C(=O)O)c1Cl)N=[N+]2C. The summed E-state index contributed by atoms with van der Waals surface area (Å²) in [6.07, 6.45) is -4.29. The molecule has 2 aromatic rings. The summed E-state index contributed by atoms with van der Waals surface area (Å²) >= 11 is 12.4. The highest BCUT2D eigenvalue weighted by molar-refractivity contribution is 6.37. The molecule has 0 fully saturated rings. The van der Waals surface area contributed by atoms with Gasteiger partial charge in [-0.2, -0.15) is 13.2 Å². The molecule has 9 heteroatoms. The highest BCUT2D eigenvalue weighted by atomic mass is 35.5. The third-order valence-corrected chi connectivity index (χ3v) is 5.29.